The van der Waals surface area contributed by atoms with Crippen LogP contribution in [0.4, 0.5) is 11.5 Å². The number of nitrogens with zero attached hydrogens (tertiary/aromatic N) is 4. The zero-order valence-electron chi connectivity index (χ0n) is 15.9. The van der Waals surface area contributed by atoms with E-state index >= 15 is 0 Å². The van der Waals surface area contributed by atoms with Crippen molar-refractivity contribution in [3.8, 4) is 0 Å². The topological polar surface area (TPSA) is 49.3 Å². The number of rotatable bonds is 5. The lowest BCUT2D eigenvalue weighted by Crippen LogP contribution is -2.33. The van der Waals surface area contributed by atoms with Crippen molar-refractivity contribution in [1.82, 2.24) is 9.97 Å². The zero-order valence-corrected chi connectivity index (χ0v) is 15.9. The van der Waals surface area contributed by atoms with Crippen LogP contribution in [0.5, 0.6) is 0 Å². The minimum absolute atomic E-state index is 0.115. The molecule has 4 rings (SSSR count). The van der Waals surface area contributed by atoms with Crippen molar-refractivity contribution in [3.05, 3.63) is 84.3 Å². The molecule has 0 unspecified atom stereocenters. The lowest BCUT2D eigenvalue weighted by Gasteiger charge is -2.28. The summed E-state index contributed by atoms with van der Waals surface area (Å²) in [6.07, 6.45) is 5.09. The Hall–Kier alpha value is -3.21. The van der Waals surface area contributed by atoms with Crippen molar-refractivity contribution in [2.45, 2.75) is 25.8 Å². The maximum atomic E-state index is 13.4. The molecule has 1 saturated heterocycles. The number of amides is 1. The lowest BCUT2D eigenvalue weighted by atomic mass is 10.1. The Labute approximate surface area is 165 Å². The maximum Gasteiger partial charge on any atom is 0.277 e. The first-order valence-electron chi connectivity index (χ1n) is 9.79. The van der Waals surface area contributed by atoms with Gasteiger partial charge >= 0.3 is 0 Å². The van der Waals surface area contributed by atoms with Crippen LogP contribution >= 0.6 is 0 Å². The largest absolute Gasteiger partial charge is 0.357 e. The van der Waals surface area contributed by atoms with Crippen molar-refractivity contribution in [3.63, 3.8) is 0 Å². The molecule has 0 spiro atoms. The molecule has 0 saturated carbocycles. The molecule has 3 aromatic rings. The predicted molar refractivity (Wildman–Crippen MR) is 111 cm³/mol. The molecule has 2 aromatic carbocycles. The molecule has 0 aliphatic carbocycles. The highest BCUT2D eigenvalue weighted by atomic mass is 16.2. The van der Waals surface area contributed by atoms with Gasteiger partial charge in [0.2, 0.25) is 0 Å². The third-order valence-electron chi connectivity index (χ3n) is 5.05. The number of hydrogen-bond acceptors (Lipinski definition) is 4. The van der Waals surface area contributed by atoms with Crippen LogP contribution in [0.3, 0.4) is 0 Å². The fraction of sp³-hybridized carbons (Fsp3) is 0.261. The lowest BCUT2D eigenvalue weighted by molar-refractivity contribution is 0.0980. The van der Waals surface area contributed by atoms with Crippen LogP contribution in [0.25, 0.3) is 0 Å². The Kier molecular flexibility index (Phi) is 5.61. The summed E-state index contributed by atoms with van der Waals surface area (Å²) in [5, 5.41) is 0. The number of carbonyl (C=O) groups excluding carboxylic acids is 1. The van der Waals surface area contributed by atoms with E-state index in [4.69, 9.17) is 0 Å². The summed E-state index contributed by atoms with van der Waals surface area (Å²) in [6.45, 7) is 2.46. The van der Waals surface area contributed by atoms with Gasteiger partial charge in [-0.3, -0.25) is 4.79 Å². The smallest absolute Gasteiger partial charge is 0.277 e. The van der Waals surface area contributed by atoms with Gasteiger partial charge in [0.1, 0.15) is 17.8 Å². The molecule has 5 heteroatoms. The second kappa shape index (κ2) is 8.65. The number of piperidine rings is 1. The van der Waals surface area contributed by atoms with Gasteiger partial charge in [-0.15, -0.1) is 0 Å². The number of anilines is 2. The van der Waals surface area contributed by atoms with Gasteiger partial charge in [0.05, 0.1) is 6.54 Å². The summed E-state index contributed by atoms with van der Waals surface area (Å²) in [5.41, 5.74) is 2.36. The summed E-state index contributed by atoms with van der Waals surface area (Å²) < 4.78 is 0. The summed E-state index contributed by atoms with van der Waals surface area (Å²) in [6, 6.07) is 21.6. The second-order valence-corrected chi connectivity index (χ2v) is 7.02. The first-order valence-corrected chi connectivity index (χ1v) is 9.79. The molecule has 1 aliphatic heterocycles. The average Bonchev–Trinajstić information content (AvgIpc) is 2.79. The SMILES string of the molecule is O=C(c1cc(N2CCCCC2)ncn1)N(Cc1ccccc1)c1ccccc1. The van der Waals surface area contributed by atoms with Crippen molar-refractivity contribution in [1.29, 1.82) is 0 Å². The Morgan fingerprint density at radius 2 is 1.57 bits per heavy atom. The number of benzene rings is 2. The molecule has 0 atom stereocenters. The van der Waals surface area contributed by atoms with Gasteiger partial charge in [0.15, 0.2) is 0 Å². The van der Waals surface area contributed by atoms with Crippen LogP contribution in [0.15, 0.2) is 73.1 Å². The van der Waals surface area contributed by atoms with Gasteiger partial charge in [-0.25, -0.2) is 9.97 Å². The van der Waals surface area contributed by atoms with E-state index in [1.165, 1.54) is 12.7 Å². The monoisotopic (exact) mass is 372 g/mol. The molecule has 28 heavy (non-hydrogen) atoms. The minimum atomic E-state index is -0.115. The molecule has 0 radical (unpaired) electrons. The highest BCUT2D eigenvalue weighted by Gasteiger charge is 2.21. The predicted octanol–water partition coefficient (Wildman–Crippen LogP) is 4.31. The second-order valence-electron chi connectivity index (χ2n) is 7.02. The van der Waals surface area contributed by atoms with Crippen molar-refractivity contribution < 1.29 is 4.79 Å². The van der Waals surface area contributed by atoms with E-state index in [2.05, 4.69) is 14.9 Å². The number of hydrogen-bond donors (Lipinski definition) is 0. The van der Waals surface area contributed by atoms with Crippen LogP contribution in [0.1, 0.15) is 35.3 Å². The van der Waals surface area contributed by atoms with Crippen molar-refractivity contribution in [2.75, 3.05) is 22.9 Å². The first-order chi connectivity index (χ1) is 13.8. The summed E-state index contributed by atoms with van der Waals surface area (Å²) in [5.74, 6) is 0.724. The van der Waals surface area contributed by atoms with Crippen molar-refractivity contribution >= 4 is 17.4 Å². The van der Waals surface area contributed by atoms with Gasteiger partial charge in [-0.2, -0.15) is 0 Å². The van der Waals surface area contributed by atoms with Crippen molar-refractivity contribution in [2.24, 2.45) is 0 Å². The third-order valence-corrected chi connectivity index (χ3v) is 5.05. The Balaban J connectivity index is 1.63. The Bertz CT molecular complexity index is 908. The minimum Gasteiger partial charge on any atom is -0.357 e. The molecule has 142 valence electrons. The van der Waals surface area contributed by atoms with Crippen LogP contribution in [0, 0.1) is 0 Å². The first kappa shape index (κ1) is 18.2. The fourth-order valence-corrected chi connectivity index (χ4v) is 3.55. The third kappa shape index (κ3) is 4.19. The van der Waals surface area contributed by atoms with E-state index in [0.29, 0.717) is 12.2 Å². The van der Waals surface area contributed by atoms with E-state index in [1.807, 2.05) is 66.7 Å². The van der Waals surface area contributed by atoms with E-state index in [0.717, 1.165) is 43.0 Å². The Morgan fingerprint density at radius 3 is 2.29 bits per heavy atom. The van der Waals surface area contributed by atoms with E-state index in [-0.39, 0.29) is 5.91 Å². The number of para-hydroxylation sites is 1. The number of aromatic nitrogens is 2. The van der Waals surface area contributed by atoms with Gasteiger partial charge in [-0.05, 0) is 37.0 Å². The Morgan fingerprint density at radius 1 is 0.893 bits per heavy atom. The summed E-state index contributed by atoms with van der Waals surface area (Å²) in [7, 11) is 0. The standard InChI is InChI=1S/C23H24N4O/c28-23(21-16-22(25-18-24-21)26-14-8-3-9-15-26)27(20-12-6-2-7-13-20)17-19-10-4-1-5-11-19/h1-2,4-7,10-13,16,18H,3,8-9,14-15,17H2. The molecule has 5 nitrogen and oxygen atoms in total. The molecule has 1 aliphatic rings. The van der Waals surface area contributed by atoms with E-state index < -0.39 is 0 Å². The van der Waals surface area contributed by atoms with Gasteiger partial charge in [-0.1, -0.05) is 48.5 Å². The highest BCUT2D eigenvalue weighted by Crippen LogP contribution is 2.22. The highest BCUT2D eigenvalue weighted by molar-refractivity contribution is 6.05. The van der Waals surface area contributed by atoms with Gasteiger partial charge in [0, 0.05) is 24.8 Å². The fourth-order valence-electron chi connectivity index (χ4n) is 3.55. The normalized spacial score (nSPS) is 13.9. The van der Waals surface area contributed by atoms with Crippen LogP contribution in [-0.2, 0) is 6.54 Å². The van der Waals surface area contributed by atoms with Gasteiger partial charge in [0.25, 0.3) is 5.91 Å². The molecule has 0 N–H and O–H groups in total. The van der Waals surface area contributed by atoms with Gasteiger partial charge < -0.3 is 9.80 Å². The zero-order chi connectivity index (χ0) is 19.2. The molecule has 0 bridgehead atoms. The van der Waals surface area contributed by atoms with Crippen LogP contribution in [-0.4, -0.2) is 29.0 Å². The molecule has 1 aromatic heterocycles. The molecular weight excluding hydrogens is 348 g/mol. The molecule has 1 fully saturated rings. The summed E-state index contributed by atoms with van der Waals surface area (Å²) in [4.78, 5) is 26.1. The van der Waals surface area contributed by atoms with E-state index in [1.54, 1.807) is 4.90 Å². The maximum absolute atomic E-state index is 13.4. The van der Waals surface area contributed by atoms with Crippen LogP contribution < -0.4 is 9.80 Å². The summed E-state index contributed by atoms with van der Waals surface area (Å²) >= 11 is 0. The van der Waals surface area contributed by atoms with E-state index in [9.17, 15) is 4.79 Å². The molecule has 1 amide bonds. The molecular formula is C23H24N4O. The molecule has 2 heterocycles. The van der Waals surface area contributed by atoms with Crippen LogP contribution in [0.2, 0.25) is 0 Å². The average molecular weight is 372 g/mol. The quantitative estimate of drug-likeness (QED) is 0.669. The number of carbonyl (C=O) groups is 1.